The summed E-state index contributed by atoms with van der Waals surface area (Å²) in [6, 6.07) is 6.99. The smallest absolute Gasteiger partial charge is 0.306 e. The molecular weight excluding hydrogens is 380 g/mol. The zero-order valence-electron chi connectivity index (χ0n) is 15.6. The van der Waals surface area contributed by atoms with Crippen molar-refractivity contribution in [3.8, 4) is 0 Å². The third kappa shape index (κ3) is 5.83. The lowest BCUT2D eigenvalue weighted by Gasteiger charge is -2.25. The van der Waals surface area contributed by atoms with E-state index in [-0.39, 0.29) is 24.3 Å². The number of hydrogen-bond acceptors (Lipinski definition) is 7. The van der Waals surface area contributed by atoms with Crippen LogP contribution in [0.15, 0.2) is 48.8 Å². The Balaban J connectivity index is 2.36. The number of benzene rings is 1. The van der Waals surface area contributed by atoms with Gasteiger partial charge in [0.1, 0.15) is 6.04 Å². The van der Waals surface area contributed by atoms with E-state index in [1.165, 1.54) is 48.8 Å². The molecule has 2 aromatic rings. The van der Waals surface area contributed by atoms with Crippen LogP contribution in [-0.4, -0.2) is 40.3 Å². The van der Waals surface area contributed by atoms with Crippen LogP contribution in [0.5, 0.6) is 0 Å². The Hall–Kier alpha value is -3.82. The topological polar surface area (TPSA) is 155 Å². The molecule has 2 rings (SSSR count). The van der Waals surface area contributed by atoms with E-state index in [9.17, 15) is 24.5 Å². The summed E-state index contributed by atoms with van der Waals surface area (Å²) in [4.78, 5) is 50.8. The Morgan fingerprint density at radius 2 is 1.79 bits per heavy atom. The second-order valence-electron chi connectivity index (χ2n) is 6.05. The number of nitrogens with two attached hydrogens (primary N) is 1. The highest BCUT2D eigenvalue weighted by Crippen LogP contribution is 2.27. The highest BCUT2D eigenvalue weighted by Gasteiger charge is 2.32. The molecule has 10 heteroatoms. The van der Waals surface area contributed by atoms with E-state index in [1.54, 1.807) is 6.92 Å². The number of nitrogens with zero attached hydrogens (tertiary/aromatic N) is 2. The van der Waals surface area contributed by atoms with Crippen molar-refractivity contribution >= 4 is 23.5 Å². The number of nitro groups is 1. The molecule has 29 heavy (non-hydrogen) atoms. The van der Waals surface area contributed by atoms with Crippen molar-refractivity contribution in [3.05, 3.63) is 70.0 Å². The fourth-order valence-corrected chi connectivity index (χ4v) is 2.77. The Kier molecular flexibility index (Phi) is 7.35. The highest BCUT2D eigenvalue weighted by molar-refractivity contribution is 5.97. The van der Waals surface area contributed by atoms with Gasteiger partial charge in [-0.15, -0.1) is 0 Å². The Labute approximate surface area is 166 Å². The van der Waals surface area contributed by atoms with Crippen LogP contribution >= 0.6 is 0 Å². The predicted octanol–water partition coefficient (Wildman–Crippen LogP) is 1.31. The Morgan fingerprint density at radius 1 is 1.17 bits per heavy atom. The molecule has 0 saturated heterocycles. The number of ether oxygens (including phenoxy) is 1. The number of aromatic nitrogens is 1. The minimum Gasteiger partial charge on any atom is -0.466 e. The van der Waals surface area contributed by atoms with E-state index in [2.05, 4.69) is 10.3 Å². The van der Waals surface area contributed by atoms with Crippen LogP contribution in [-0.2, 0) is 14.3 Å². The fraction of sp³-hybridized carbons (Fsp3) is 0.263. The Morgan fingerprint density at radius 3 is 2.31 bits per heavy atom. The minimum atomic E-state index is -1.25. The second kappa shape index (κ2) is 9.93. The van der Waals surface area contributed by atoms with Crippen molar-refractivity contribution in [2.75, 3.05) is 6.61 Å². The van der Waals surface area contributed by atoms with E-state index < -0.39 is 34.7 Å². The van der Waals surface area contributed by atoms with Gasteiger partial charge in [0.25, 0.3) is 11.6 Å². The number of carbonyl (C=O) groups excluding carboxylic acids is 3. The van der Waals surface area contributed by atoms with Gasteiger partial charge in [0.2, 0.25) is 5.91 Å². The van der Waals surface area contributed by atoms with Crippen LogP contribution in [0.1, 0.15) is 35.2 Å². The standard InChI is InChI=1S/C19H20N4O6/c1-2-29-16(24)11-15(12-3-5-14(6-4-12)23(27)28)17(18(20)25)22-19(26)13-7-9-21-10-8-13/h3-10,15,17H,2,11H2,1H3,(H2,20,25)(H,22,26)/t15-,17-/m0/s1. The largest absolute Gasteiger partial charge is 0.466 e. The molecule has 152 valence electrons. The summed E-state index contributed by atoms with van der Waals surface area (Å²) in [6.45, 7) is 1.77. The van der Waals surface area contributed by atoms with Crippen molar-refractivity contribution in [2.24, 2.45) is 5.73 Å². The maximum Gasteiger partial charge on any atom is 0.306 e. The van der Waals surface area contributed by atoms with Gasteiger partial charge in [0.05, 0.1) is 18.0 Å². The average Bonchev–Trinajstić information content (AvgIpc) is 2.71. The molecule has 2 atom stereocenters. The molecule has 0 radical (unpaired) electrons. The molecule has 10 nitrogen and oxygen atoms in total. The van der Waals surface area contributed by atoms with Gasteiger partial charge in [0.15, 0.2) is 0 Å². The predicted molar refractivity (Wildman–Crippen MR) is 102 cm³/mol. The second-order valence-corrected chi connectivity index (χ2v) is 6.05. The van der Waals surface area contributed by atoms with Gasteiger partial charge in [-0.05, 0) is 24.6 Å². The van der Waals surface area contributed by atoms with Gasteiger partial charge >= 0.3 is 5.97 Å². The highest BCUT2D eigenvalue weighted by atomic mass is 16.6. The number of rotatable bonds is 9. The van der Waals surface area contributed by atoms with Gasteiger partial charge in [-0.25, -0.2) is 0 Å². The molecule has 0 saturated carbocycles. The fourth-order valence-electron chi connectivity index (χ4n) is 2.77. The number of nitro benzene ring substituents is 1. The first-order valence-electron chi connectivity index (χ1n) is 8.73. The maximum absolute atomic E-state index is 12.5. The number of non-ortho nitro benzene ring substituents is 1. The van der Waals surface area contributed by atoms with Gasteiger partial charge in [-0.3, -0.25) is 29.5 Å². The molecule has 2 amide bonds. The zero-order valence-corrected chi connectivity index (χ0v) is 15.6. The number of amides is 2. The summed E-state index contributed by atoms with van der Waals surface area (Å²) in [7, 11) is 0. The molecule has 0 aliphatic heterocycles. The van der Waals surface area contributed by atoms with Crippen molar-refractivity contribution in [1.29, 1.82) is 0 Å². The van der Waals surface area contributed by atoms with Crippen LogP contribution < -0.4 is 11.1 Å². The first-order valence-corrected chi connectivity index (χ1v) is 8.73. The number of esters is 1. The van der Waals surface area contributed by atoms with Crippen LogP contribution in [0.4, 0.5) is 5.69 Å². The van der Waals surface area contributed by atoms with Crippen molar-refractivity contribution in [1.82, 2.24) is 10.3 Å². The minimum absolute atomic E-state index is 0.135. The molecule has 0 aliphatic rings. The molecule has 3 N–H and O–H groups in total. The van der Waals surface area contributed by atoms with Gasteiger partial charge < -0.3 is 15.8 Å². The lowest BCUT2D eigenvalue weighted by Crippen LogP contribution is -2.48. The molecule has 0 bridgehead atoms. The molecular formula is C19H20N4O6. The first-order chi connectivity index (χ1) is 13.8. The number of primary amides is 1. The average molecular weight is 400 g/mol. The summed E-state index contributed by atoms with van der Waals surface area (Å²) >= 11 is 0. The van der Waals surface area contributed by atoms with Crippen molar-refractivity contribution in [2.45, 2.75) is 25.3 Å². The molecule has 0 spiro atoms. The first kappa shape index (κ1) is 21.5. The number of carbonyl (C=O) groups is 3. The van der Waals surface area contributed by atoms with E-state index >= 15 is 0 Å². The van der Waals surface area contributed by atoms with E-state index in [0.29, 0.717) is 5.56 Å². The summed E-state index contributed by atoms with van der Waals surface area (Å²) in [5.74, 6) is -2.91. The summed E-state index contributed by atoms with van der Waals surface area (Å²) < 4.78 is 4.96. The zero-order chi connectivity index (χ0) is 21.4. The number of nitrogens with one attached hydrogen (secondary N) is 1. The van der Waals surface area contributed by atoms with E-state index in [0.717, 1.165) is 0 Å². The van der Waals surface area contributed by atoms with Crippen molar-refractivity contribution < 1.29 is 24.0 Å². The van der Waals surface area contributed by atoms with Gasteiger partial charge in [-0.2, -0.15) is 0 Å². The van der Waals surface area contributed by atoms with Crippen LogP contribution in [0.3, 0.4) is 0 Å². The lowest BCUT2D eigenvalue weighted by atomic mass is 9.87. The van der Waals surface area contributed by atoms with Crippen molar-refractivity contribution in [3.63, 3.8) is 0 Å². The molecule has 0 aliphatic carbocycles. The Bertz CT molecular complexity index is 885. The van der Waals surface area contributed by atoms with E-state index in [1.807, 2.05) is 0 Å². The normalized spacial score (nSPS) is 12.4. The summed E-state index contributed by atoms with van der Waals surface area (Å²) in [6.07, 6.45) is 2.58. The summed E-state index contributed by atoms with van der Waals surface area (Å²) in [5.41, 5.74) is 6.02. The molecule has 1 aromatic carbocycles. The third-order valence-corrected chi connectivity index (χ3v) is 4.16. The van der Waals surface area contributed by atoms with Crippen LogP contribution in [0, 0.1) is 10.1 Å². The quantitative estimate of drug-likeness (QED) is 0.365. The third-order valence-electron chi connectivity index (χ3n) is 4.16. The molecule has 0 unspecified atom stereocenters. The molecule has 0 fully saturated rings. The SMILES string of the molecule is CCOC(=O)C[C@@H](c1ccc([N+](=O)[O-])cc1)[C@H](NC(=O)c1ccncc1)C(N)=O. The van der Waals surface area contributed by atoms with Crippen LogP contribution in [0.25, 0.3) is 0 Å². The molecule has 1 heterocycles. The van der Waals surface area contributed by atoms with E-state index in [4.69, 9.17) is 10.5 Å². The summed E-state index contributed by atoms with van der Waals surface area (Å²) in [5, 5.41) is 13.4. The van der Waals surface area contributed by atoms with Gasteiger partial charge in [-0.1, -0.05) is 12.1 Å². The monoisotopic (exact) mass is 400 g/mol. The number of pyridine rings is 1. The van der Waals surface area contributed by atoms with Gasteiger partial charge in [0, 0.05) is 36.0 Å². The lowest BCUT2D eigenvalue weighted by molar-refractivity contribution is -0.384. The number of hydrogen-bond donors (Lipinski definition) is 2. The molecule has 1 aromatic heterocycles. The maximum atomic E-state index is 12.5. The van der Waals surface area contributed by atoms with Crippen LogP contribution in [0.2, 0.25) is 0 Å².